The number of hydrogen-bond donors (Lipinski definition) is 1. The molecule has 0 bridgehead atoms. The lowest BCUT2D eigenvalue weighted by Crippen LogP contribution is -2.35. The zero-order chi connectivity index (χ0) is 15.5. The van der Waals surface area contributed by atoms with Crippen LogP contribution in [0.3, 0.4) is 0 Å². The van der Waals surface area contributed by atoms with E-state index in [-0.39, 0.29) is 23.4 Å². The van der Waals surface area contributed by atoms with Crippen LogP contribution in [-0.4, -0.2) is 30.1 Å². The van der Waals surface area contributed by atoms with Gasteiger partial charge in [-0.2, -0.15) is 5.10 Å². The highest BCUT2D eigenvalue weighted by Gasteiger charge is 2.23. The monoisotopic (exact) mass is 321 g/mol. The van der Waals surface area contributed by atoms with Crippen molar-refractivity contribution in [3.63, 3.8) is 0 Å². The fraction of sp³-hybridized carbons (Fsp3) is 0.667. The lowest BCUT2D eigenvalue weighted by molar-refractivity contribution is -0.122. The van der Waals surface area contributed by atoms with Crippen molar-refractivity contribution in [3.05, 3.63) is 11.4 Å². The number of rotatable bonds is 6. The van der Waals surface area contributed by atoms with Crippen molar-refractivity contribution in [2.24, 2.45) is 0 Å². The van der Waals surface area contributed by atoms with Crippen molar-refractivity contribution >= 4 is 25.6 Å². The van der Waals surface area contributed by atoms with Crippen molar-refractivity contribution in [1.29, 1.82) is 0 Å². The quantitative estimate of drug-likeness (QED) is 0.809. The predicted molar refractivity (Wildman–Crippen MR) is 77.3 cm³/mol. The molecule has 1 heterocycles. The number of nitrogens with zero attached hydrogens (tertiary/aromatic N) is 2. The molecule has 1 N–H and O–H groups in total. The van der Waals surface area contributed by atoms with Crippen LogP contribution in [0.5, 0.6) is 0 Å². The van der Waals surface area contributed by atoms with E-state index in [0.29, 0.717) is 11.4 Å². The maximum absolute atomic E-state index is 11.9. The van der Waals surface area contributed by atoms with Crippen LogP contribution in [0.2, 0.25) is 0 Å². The van der Waals surface area contributed by atoms with Crippen LogP contribution < -0.4 is 5.32 Å². The molecular formula is C12H20ClN3O3S. The SMILES string of the molecule is CCCC(C)NC(=O)Cn1nc(C)c(S(=O)(=O)Cl)c1C. The van der Waals surface area contributed by atoms with Gasteiger partial charge >= 0.3 is 0 Å². The van der Waals surface area contributed by atoms with Gasteiger partial charge in [0.05, 0.1) is 11.4 Å². The summed E-state index contributed by atoms with van der Waals surface area (Å²) in [5, 5.41) is 6.90. The predicted octanol–water partition coefficient (Wildman–Crippen LogP) is 1.73. The Morgan fingerprint density at radius 1 is 1.45 bits per heavy atom. The van der Waals surface area contributed by atoms with Crippen LogP contribution in [0, 0.1) is 13.8 Å². The maximum atomic E-state index is 11.9. The lowest BCUT2D eigenvalue weighted by atomic mass is 10.2. The minimum atomic E-state index is -3.85. The van der Waals surface area contributed by atoms with Gasteiger partial charge in [0.2, 0.25) is 5.91 Å². The highest BCUT2D eigenvalue weighted by molar-refractivity contribution is 8.13. The number of hydrogen-bond acceptors (Lipinski definition) is 4. The Morgan fingerprint density at radius 2 is 2.05 bits per heavy atom. The van der Waals surface area contributed by atoms with E-state index in [2.05, 4.69) is 10.4 Å². The molecule has 0 aliphatic rings. The number of aromatic nitrogens is 2. The molecule has 6 nitrogen and oxygen atoms in total. The largest absolute Gasteiger partial charge is 0.352 e. The molecule has 0 spiro atoms. The Kier molecular flexibility index (Phi) is 5.59. The molecule has 8 heteroatoms. The fourth-order valence-electron chi connectivity index (χ4n) is 2.15. The van der Waals surface area contributed by atoms with Crippen LogP contribution in [0.25, 0.3) is 0 Å². The van der Waals surface area contributed by atoms with Crippen LogP contribution >= 0.6 is 10.7 Å². The summed E-state index contributed by atoms with van der Waals surface area (Å²) in [5.41, 5.74) is 0.669. The summed E-state index contributed by atoms with van der Waals surface area (Å²) in [4.78, 5) is 11.8. The highest BCUT2D eigenvalue weighted by Crippen LogP contribution is 2.22. The number of halogens is 1. The molecule has 0 saturated heterocycles. The second-order valence-corrected chi connectivity index (χ2v) is 7.36. The van der Waals surface area contributed by atoms with Gasteiger partial charge in [0.25, 0.3) is 9.05 Å². The average molecular weight is 322 g/mol. The molecule has 0 radical (unpaired) electrons. The van der Waals surface area contributed by atoms with Crippen LogP contribution in [-0.2, 0) is 20.4 Å². The third-order valence-electron chi connectivity index (χ3n) is 2.98. The summed E-state index contributed by atoms with van der Waals surface area (Å²) in [5.74, 6) is -0.199. The molecule has 1 rings (SSSR count). The first-order valence-corrected chi connectivity index (χ1v) is 8.75. The average Bonchev–Trinajstić information content (AvgIpc) is 2.52. The van der Waals surface area contributed by atoms with E-state index in [4.69, 9.17) is 10.7 Å². The third kappa shape index (κ3) is 4.21. The molecule has 1 amide bonds. The molecule has 1 aromatic heterocycles. The van der Waals surface area contributed by atoms with Crippen molar-refractivity contribution in [3.8, 4) is 0 Å². The number of amides is 1. The Morgan fingerprint density at radius 3 is 2.50 bits per heavy atom. The summed E-state index contributed by atoms with van der Waals surface area (Å²) in [7, 11) is 1.51. The minimum absolute atomic E-state index is 0.0198. The standard InChI is InChI=1S/C12H20ClN3O3S/c1-5-6-8(2)14-11(17)7-16-10(4)12(9(3)15-16)20(13,18)19/h8H,5-7H2,1-4H3,(H,14,17). The summed E-state index contributed by atoms with van der Waals surface area (Å²) in [6.07, 6.45) is 1.88. The Bertz CT molecular complexity index is 595. The zero-order valence-corrected chi connectivity index (χ0v) is 13.7. The van der Waals surface area contributed by atoms with Crippen molar-refractivity contribution in [2.45, 2.75) is 58.0 Å². The molecule has 20 heavy (non-hydrogen) atoms. The topological polar surface area (TPSA) is 81.1 Å². The minimum Gasteiger partial charge on any atom is -0.352 e. The first-order valence-electron chi connectivity index (χ1n) is 6.44. The van der Waals surface area contributed by atoms with E-state index in [0.717, 1.165) is 12.8 Å². The Hall–Kier alpha value is -1.08. The number of carbonyl (C=O) groups is 1. The van der Waals surface area contributed by atoms with Crippen LogP contribution in [0.4, 0.5) is 0 Å². The van der Waals surface area contributed by atoms with Gasteiger partial charge in [0.15, 0.2) is 0 Å². The molecule has 0 fully saturated rings. The maximum Gasteiger partial charge on any atom is 0.264 e. The summed E-state index contributed by atoms with van der Waals surface area (Å²) < 4.78 is 24.3. The van der Waals surface area contributed by atoms with E-state index in [1.807, 2.05) is 13.8 Å². The molecule has 0 aliphatic heterocycles. The van der Waals surface area contributed by atoms with Gasteiger partial charge in [-0.25, -0.2) is 8.42 Å². The normalized spacial score (nSPS) is 13.2. The van der Waals surface area contributed by atoms with Gasteiger partial charge in [-0.15, -0.1) is 0 Å². The molecule has 0 aliphatic carbocycles. The fourth-order valence-corrected chi connectivity index (χ4v) is 3.67. The zero-order valence-electron chi connectivity index (χ0n) is 12.1. The first kappa shape index (κ1) is 17.0. The molecule has 0 saturated carbocycles. The molecule has 1 aromatic rings. The van der Waals surface area contributed by atoms with E-state index in [1.165, 1.54) is 4.68 Å². The second kappa shape index (κ2) is 6.58. The smallest absolute Gasteiger partial charge is 0.264 e. The lowest BCUT2D eigenvalue weighted by Gasteiger charge is -2.13. The van der Waals surface area contributed by atoms with Gasteiger partial charge in [0, 0.05) is 16.7 Å². The van der Waals surface area contributed by atoms with Gasteiger partial charge in [-0.1, -0.05) is 13.3 Å². The first-order chi connectivity index (χ1) is 9.16. The molecule has 1 unspecified atom stereocenters. The number of nitrogens with one attached hydrogen (secondary N) is 1. The number of aryl methyl sites for hydroxylation is 1. The molecule has 1 atom stereocenters. The van der Waals surface area contributed by atoms with E-state index < -0.39 is 9.05 Å². The Labute approximate surface area is 123 Å². The van der Waals surface area contributed by atoms with Gasteiger partial charge in [-0.3, -0.25) is 9.48 Å². The molecular weight excluding hydrogens is 302 g/mol. The number of carbonyl (C=O) groups excluding carboxylic acids is 1. The molecule has 0 aromatic carbocycles. The second-order valence-electron chi connectivity index (χ2n) is 4.85. The van der Waals surface area contributed by atoms with Crippen LogP contribution in [0.1, 0.15) is 38.1 Å². The van der Waals surface area contributed by atoms with Gasteiger partial charge < -0.3 is 5.32 Å². The van der Waals surface area contributed by atoms with E-state index in [9.17, 15) is 13.2 Å². The highest BCUT2D eigenvalue weighted by atomic mass is 35.7. The van der Waals surface area contributed by atoms with Crippen molar-refractivity contribution in [1.82, 2.24) is 15.1 Å². The van der Waals surface area contributed by atoms with Gasteiger partial charge in [0.1, 0.15) is 11.4 Å². The van der Waals surface area contributed by atoms with E-state index in [1.54, 1.807) is 13.8 Å². The molecule has 114 valence electrons. The summed E-state index contributed by atoms with van der Waals surface area (Å²) in [6, 6.07) is 0.0840. The van der Waals surface area contributed by atoms with Crippen LogP contribution in [0.15, 0.2) is 4.90 Å². The van der Waals surface area contributed by atoms with E-state index >= 15 is 0 Å². The van der Waals surface area contributed by atoms with Gasteiger partial charge in [-0.05, 0) is 27.2 Å². The Balaban J connectivity index is 2.87. The third-order valence-corrected chi connectivity index (χ3v) is 4.52. The summed E-state index contributed by atoms with van der Waals surface area (Å²) >= 11 is 0. The van der Waals surface area contributed by atoms with Crippen molar-refractivity contribution in [2.75, 3.05) is 0 Å². The summed E-state index contributed by atoms with van der Waals surface area (Å²) in [6.45, 7) is 7.08. The van der Waals surface area contributed by atoms with Crippen molar-refractivity contribution < 1.29 is 13.2 Å².